The van der Waals surface area contributed by atoms with E-state index in [9.17, 15) is 9.90 Å². The molecule has 6 rings (SSSR count). The Balaban J connectivity index is 1.17. The number of phenols is 1. The molecule has 1 N–H and O–H groups in total. The third-order valence-electron chi connectivity index (χ3n) is 9.22. The summed E-state index contributed by atoms with van der Waals surface area (Å²) in [7, 11) is 3.40. The van der Waals surface area contributed by atoms with Crippen molar-refractivity contribution in [3.05, 3.63) is 119 Å². The molecule has 0 radical (unpaired) electrons. The van der Waals surface area contributed by atoms with Crippen molar-refractivity contribution < 1.29 is 19.4 Å². The number of hydrogen-bond acceptors (Lipinski definition) is 6. The molecular formula is C37H41N3O4. The summed E-state index contributed by atoms with van der Waals surface area (Å²) in [5.41, 5.74) is 5.36. The molecule has 7 nitrogen and oxygen atoms in total. The predicted octanol–water partition coefficient (Wildman–Crippen LogP) is 5.95. The van der Waals surface area contributed by atoms with Gasteiger partial charge in [-0.05, 0) is 96.7 Å². The number of rotatable bonds is 8. The summed E-state index contributed by atoms with van der Waals surface area (Å²) in [5.74, 6) is 2.06. The highest BCUT2D eigenvalue weighted by molar-refractivity contribution is 5.94. The molecule has 2 aliphatic rings. The molecule has 4 aromatic carbocycles. The number of likely N-dealkylation sites (tertiary alicyclic amines) is 1. The van der Waals surface area contributed by atoms with E-state index in [-0.39, 0.29) is 17.1 Å². The lowest BCUT2D eigenvalue weighted by Gasteiger charge is -2.44. The number of piperidine rings is 1. The smallest absolute Gasteiger partial charge is 0.253 e. The number of piperazine rings is 1. The standard InChI is InChI=1S/C37H41N3O4/c1-43-34-15-7-30(8-16-34)37(31-9-17-35(44-2)18-10-31)19-4-20-38(27-37)26-28-5-3-6-29(25-28)36(42)40-23-21-39(22-24-40)32-11-13-33(41)14-12-32/h3,5-18,25,41H,4,19-24,26-27H2,1-2H3. The summed E-state index contributed by atoms with van der Waals surface area (Å²) < 4.78 is 10.9. The van der Waals surface area contributed by atoms with Crippen molar-refractivity contribution in [1.82, 2.24) is 9.80 Å². The normalized spacial score (nSPS) is 16.9. The monoisotopic (exact) mass is 591 g/mol. The van der Waals surface area contributed by atoms with Gasteiger partial charge in [-0.2, -0.15) is 0 Å². The third-order valence-corrected chi connectivity index (χ3v) is 9.22. The van der Waals surface area contributed by atoms with Crippen molar-refractivity contribution in [2.45, 2.75) is 24.8 Å². The molecule has 2 heterocycles. The number of amides is 1. The average Bonchev–Trinajstić information content (AvgIpc) is 3.08. The molecule has 0 unspecified atom stereocenters. The van der Waals surface area contributed by atoms with E-state index in [1.165, 1.54) is 11.1 Å². The maximum absolute atomic E-state index is 13.5. The van der Waals surface area contributed by atoms with E-state index >= 15 is 0 Å². The van der Waals surface area contributed by atoms with E-state index in [0.29, 0.717) is 13.1 Å². The quantitative estimate of drug-likeness (QED) is 0.273. The van der Waals surface area contributed by atoms with E-state index in [1.807, 2.05) is 29.2 Å². The fourth-order valence-electron chi connectivity index (χ4n) is 6.81. The fourth-order valence-corrected chi connectivity index (χ4v) is 6.81. The summed E-state index contributed by atoms with van der Waals surface area (Å²) in [5, 5.41) is 9.60. The van der Waals surface area contributed by atoms with Crippen molar-refractivity contribution in [2.75, 3.05) is 58.4 Å². The van der Waals surface area contributed by atoms with Gasteiger partial charge in [0, 0.05) is 55.9 Å². The van der Waals surface area contributed by atoms with Crippen molar-refractivity contribution in [1.29, 1.82) is 0 Å². The average molecular weight is 592 g/mol. The molecule has 7 heteroatoms. The van der Waals surface area contributed by atoms with Gasteiger partial charge in [0.25, 0.3) is 5.91 Å². The van der Waals surface area contributed by atoms with Gasteiger partial charge in [-0.1, -0.05) is 36.4 Å². The number of benzene rings is 4. The van der Waals surface area contributed by atoms with Gasteiger partial charge in [-0.15, -0.1) is 0 Å². The molecule has 44 heavy (non-hydrogen) atoms. The first kappa shape index (κ1) is 29.6. The Bertz CT molecular complexity index is 1500. The molecule has 0 saturated carbocycles. The molecule has 228 valence electrons. The Morgan fingerprint density at radius 3 is 1.98 bits per heavy atom. The zero-order chi connectivity index (χ0) is 30.5. The Labute approximate surface area is 260 Å². The van der Waals surface area contributed by atoms with Gasteiger partial charge in [0.05, 0.1) is 14.2 Å². The van der Waals surface area contributed by atoms with Gasteiger partial charge < -0.3 is 24.4 Å². The Kier molecular flexibility index (Phi) is 8.75. The molecule has 0 aliphatic carbocycles. The van der Waals surface area contributed by atoms with Crippen molar-refractivity contribution in [2.24, 2.45) is 0 Å². The van der Waals surface area contributed by atoms with Gasteiger partial charge >= 0.3 is 0 Å². The van der Waals surface area contributed by atoms with Gasteiger partial charge in [-0.25, -0.2) is 0 Å². The third kappa shape index (κ3) is 6.24. The molecule has 4 aromatic rings. The number of phenolic OH excluding ortho intramolecular Hbond substituents is 1. The van der Waals surface area contributed by atoms with Crippen LogP contribution in [0.1, 0.15) is 39.9 Å². The Hall–Kier alpha value is -4.49. The highest BCUT2D eigenvalue weighted by atomic mass is 16.5. The topological polar surface area (TPSA) is 65.5 Å². The summed E-state index contributed by atoms with van der Waals surface area (Å²) in [6.07, 6.45) is 2.12. The lowest BCUT2D eigenvalue weighted by molar-refractivity contribution is 0.0746. The highest BCUT2D eigenvalue weighted by Gasteiger charge is 2.39. The summed E-state index contributed by atoms with van der Waals surface area (Å²) in [4.78, 5) is 20.3. The fraction of sp³-hybridized carbons (Fsp3) is 0.324. The molecule has 1 amide bonds. The maximum atomic E-state index is 13.5. The number of anilines is 1. The number of nitrogens with zero attached hydrogens (tertiary/aromatic N) is 3. The second-order valence-corrected chi connectivity index (χ2v) is 11.8. The van der Waals surface area contributed by atoms with E-state index in [1.54, 1.807) is 26.4 Å². The summed E-state index contributed by atoms with van der Waals surface area (Å²) in [6, 6.07) is 32.5. The molecule has 2 saturated heterocycles. The van der Waals surface area contributed by atoms with Crippen LogP contribution in [0.15, 0.2) is 97.1 Å². The van der Waals surface area contributed by atoms with Crippen molar-refractivity contribution in [3.63, 3.8) is 0 Å². The molecule has 2 aliphatic heterocycles. The van der Waals surface area contributed by atoms with Gasteiger partial charge in [0.15, 0.2) is 0 Å². The second kappa shape index (κ2) is 13.0. The number of aromatic hydroxyl groups is 1. The summed E-state index contributed by atoms with van der Waals surface area (Å²) in [6.45, 7) is 5.54. The first-order chi connectivity index (χ1) is 21.5. The second-order valence-electron chi connectivity index (χ2n) is 11.8. The first-order valence-corrected chi connectivity index (χ1v) is 15.4. The number of methoxy groups -OCH3 is 2. The Morgan fingerprint density at radius 1 is 0.773 bits per heavy atom. The van der Waals surface area contributed by atoms with Crippen LogP contribution >= 0.6 is 0 Å². The maximum Gasteiger partial charge on any atom is 0.253 e. The van der Waals surface area contributed by atoms with E-state index in [2.05, 4.69) is 70.5 Å². The zero-order valence-corrected chi connectivity index (χ0v) is 25.6. The van der Waals surface area contributed by atoms with E-state index in [4.69, 9.17) is 9.47 Å². The molecule has 0 atom stereocenters. The van der Waals surface area contributed by atoms with Crippen LogP contribution < -0.4 is 14.4 Å². The van der Waals surface area contributed by atoms with Crippen molar-refractivity contribution in [3.8, 4) is 17.2 Å². The van der Waals surface area contributed by atoms with E-state index < -0.39 is 0 Å². The van der Waals surface area contributed by atoms with Crippen LogP contribution in [0.25, 0.3) is 0 Å². The number of ether oxygens (including phenoxy) is 2. The SMILES string of the molecule is COc1ccc(C2(c3ccc(OC)cc3)CCCN(Cc3cccc(C(=O)N4CCN(c5ccc(O)cc5)CC4)c3)C2)cc1. The van der Waals surface area contributed by atoms with Crippen LogP contribution in [-0.4, -0.2) is 74.3 Å². The summed E-state index contributed by atoms with van der Waals surface area (Å²) >= 11 is 0. The van der Waals surface area contributed by atoms with Crippen molar-refractivity contribution >= 4 is 11.6 Å². The largest absolute Gasteiger partial charge is 0.508 e. The van der Waals surface area contributed by atoms with Crippen LogP contribution in [0.4, 0.5) is 5.69 Å². The predicted molar refractivity (Wildman–Crippen MR) is 174 cm³/mol. The zero-order valence-electron chi connectivity index (χ0n) is 25.6. The molecular weight excluding hydrogens is 550 g/mol. The molecule has 2 fully saturated rings. The lowest BCUT2D eigenvalue weighted by Crippen LogP contribution is -2.48. The Morgan fingerprint density at radius 2 is 1.39 bits per heavy atom. The minimum atomic E-state index is -0.165. The van der Waals surface area contributed by atoms with Gasteiger partial charge in [-0.3, -0.25) is 9.69 Å². The molecule has 0 spiro atoms. The van der Waals surface area contributed by atoms with Crippen LogP contribution in [0.2, 0.25) is 0 Å². The highest BCUT2D eigenvalue weighted by Crippen LogP contribution is 2.42. The van der Waals surface area contributed by atoms with E-state index in [0.717, 1.165) is 73.9 Å². The lowest BCUT2D eigenvalue weighted by atomic mass is 9.69. The van der Waals surface area contributed by atoms with Crippen LogP contribution in [0, 0.1) is 0 Å². The minimum Gasteiger partial charge on any atom is -0.508 e. The molecule has 0 aromatic heterocycles. The van der Waals surface area contributed by atoms with Crippen LogP contribution in [0.3, 0.4) is 0 Å². The minimum absolute atomic E-state index is 0.0849. The number of carbonyl (C=O) groups excluding carboxylic acids is 1. The number of carbonyl (C=O) groups is 1. The van der Waals surface area contributed by atoms with Crippen LogP contribution in [-0.2, 0) is 12.0 Å². The molecule has 0 bridgehead atoms. The number of hydrogen-bond donors (Lipinski definition) is 1. The van der Waals surface area contributed by atoms with Gasteiger partial charge in [0.2, 0.25) is 0 Å². The first-order valence-electron chi connectivity index (χ1n) is 15.4. The van der Waals surface area contributed by atoms with Crippen LogP contribution in [0.5, 0.6) is 17.2 Å². The van der Waals surface area contributed by atoms with Gasteiger partial charge in [0.1, 0.15) is 17.2 Å².